The number of aromatic nitrogens is 1. The summed E-state index contributed by atoms with van der Waals surface area (Å²) < 4.78 is 6.20. The Kier molecular flexibility index (Phi) is 4.79. The molecule has 156 valence electrons. The topological polar surface area (TPSA) is 66.7 Å². The van der Waals surface area contributed by atoms with E-state index in [0.717, 1.165) is 29.3 Å². The second-order valence-corrected chi connectivity index (χ2v) is 8.18. The van der Waals surface area contributed by atoms with Crippen molar-refractivity contribution in [1.82, 2.24) is 14.8 Å². The molecular weight excluding hydrogens is 390 g/mol. The van der Waals surface area contributed by atoms with E-state index in [1.54, 1.807) is 23.4 Å². The molecule has 1 aliphatic rings. The standard InChI is InChI=1S/C25H23N3O3/c1-27(2)13-6-14-28-21(17-8-5-12-26-15-17)20-22(29)19-11-10-16-7-3-4-9-18(16)23(19)31-24(20)25(28)30/h3-5,7-12,15,21H,6,13-14H2,1-2H3/t21-/m1/s1. The van der Waals surface area contributed by atoms with E-state index in [0.29, 0.717) is 23.1 Å². The van der Waals surface area contributed by atoms with Crippen molar-refractivity contribution >= 4 is 27.6 Å². The van der Waals surface area contributed by atoms with E-state index in [9.17, 15) is 9.59 Å². The number of nitrogens with zero attached hydrogens (tertiary/aromatic N) is 3. The number of fused-ring (bicyclic) bond motifs is 4. The predicted molar refractivity (Wildman–Crippen MR) is 120 cm³/mol. The SMILES string of the molecule is CN(C)CCCN1C(=O)c2oc3c(ccc4ccccc43)c(=O)c2[C@H]1c1cccnc1. The molecule has 0 saturated heterocycles. The molecule has 31 heavy (non-hydrogen) atoms. The quantitative estimate of drug-likeness (QED) is 0.465. The van der Waals surface area contributed by atoms with E-state index in [-0.39, 0.29) is 17.1 Å². The van der Waals surface area contributed by atoms with E-state index in [1.807, 2.05) is 56.6 Å². The largest absolute Gasteiger partial charge is 0.450 e. The highest BCUT2D eigenvalue weighted by Gasteiger charge is 2.42. The normalized spacial score (nSPS) is 15.9. The zero-order chi connectivity index (χ0) is 21.5. The molecule has 2 aromatic heterocycles. The monoisotopic (exact) mass is 413 g/mol. The molecule has 0 unspecified atom stereocenters. The molecule has 2 aromatic carbocycles. The molecule has 1 atom stereocenters. The van der Waals surface area contributed by atoms with Gasteiger partial charge in [0, 0.05) is 24.3 Å². The number of carbonyl (C=O) groups excluding carboxylic acids is 1. The zero-order valence-corrected chi connectivity index (χ0v) is 17.5. The average molecular weight is 413 g/mol. The highest BCUT2D eigenvalue weighted by molar-refractivity contribution is 6.06. The summed E-state index contributed by atoms with van der Waals surface area (Å²) in [5.74, 6) is -0.0953. The lowest BCUT2D eigenvalue weighted by atomic mass is 9.98. The van der Waals surface area contributed by atoms with Gasteiger partial charge in [0.05, 0.1) is 17.0 Å². The highest BCUT2D eigenvalue weighted by atomic mass is 16.3. The first kappa shape index (κ1) is 19.5. The third-order valence-corrected chi connectivity index (χ3v) is 5.86. The molecule has 1 amide bonds. The van der Waals surface area contributed by atoms with E-state index in [4.69, 9.17) is 4.42 Å². The first-order valence-corrected chi connectivity index (χ1v) is 10.4. The Morgan fingerprint density at radius 3 is 2.65 bits per heavy atom. The zero-order valence-electron chi connectivity index (χ0n) is 17.5. The Morgan fingerprint density at radius 1 is 1.03 bits per heavy atom. The molecule has 0 saturated carbocycles. The molecule has 1 aliphatic heterocycles. The number of pyridine rings is 1. The maximum absolute atomic E-state index is 13.7. The van der Waals surface area contributed by atoms with Crippen molar-refractivity contribution in [2.24, 2.45) is 0 Å². The van der Waals surface area contributed by atoms with E-state index in [1.165, 1.54) is 0 Å². The van der Waals surface area contributed by atoms with Crippen LogP contribution in [0.5, 0.6) is 0 Å². The van der Waals surface area contributed by atoms with Crippen molar-refractivity contribution in [2.45, 2.75) is 12.5 Å². The van der Waals surface area contributed by atoms with Gasteiger partial charge in [-0.25, -0.2) is 0 Å². The van der Waals surface area contributed by atoms with Crippen LogP contribution in [0.15, 0.2) is 70.1 Å². The summed E-state index contributed by atoms with van der Waals surface area (Å²) in [7, 11) is 4.00. The van der Waals surface area contributed by atoms with Crippen LogP contribution < -0.4 is 5.43 Å². The fourth-order valence-corrected chi connectivity index (χ4v) is 4.42. The molecule has 6 heteroatoms. The van der Waals surface area contributed by atoms with Gasteiger partial charge in [0.25, 0.3) is 5.91 Å². The lowest BCUT2D eigenvalue weighted by Gasteiger charge is -2.25. The number of amides is 1. The molecule has 0 fully saturated rings. The molecule has 0 aliphatic carbocycles. The number of benzene rings is 2. The van der Waals surface area contributed by atoms with E-state index < -0.39 is 6.04 Å². The summed E-state index contributed by atoms with van der Waals surface area (Å²) in [6.07, 6.45) is 4.20. The van der Waals surface area contributed by atoms with Crippen molar-refractivity contribution in [2.75, 3.05) is 27.2 Å². The van der Waals surface area contributed by atoms with Crippen LogP contribution in [0.4, 0.5) is 0 Å². The van der Waals surface area contributed by atoms with Gasteiger partial charge < -0.3 is 14.2 Å². The molecular formula is C25H23N3O3. The highest BCUT2D eigenvalue weighted by Crippen LogP contribution is 2.38. The van der Waals surface area contributed by atoms with Gasteiger partial charge in [0.15, 0.2) is 5.43 Å². The van der Waals surface area contributed by atoms with Crippen LogP contribution in [0.25, 0.3) is 21.7 Å². The van der Waals surface area contributed by atoms with Crippen molar-refractivity contribution in [3.05, 3.63) is 88.0 Å². The summed E-state index contributed by atoms with van der Waals surface area (Å²) in [6.45, 7) is 1.37. The molecule has 0 spiro atoms. The molecule has 5 rings (SSSR count). The number of hydrogen-bond donors (Lipinski definition) is 0. The minimum absolute atomic E-state index is 0.146. The number of hydrogen-bond acceptors (Lipinski definition) is 5. The summed E-state index contributed by atoms with van der Waals surface area (Å²) >= 11 is 0. The van der Waals surface area contributed by atoms with Crippen molar-refractivity contribution < 1.29 is 9.21 Å². The van der Waals surface area contributed by atoms with Gasteiger partial charge in [-0.3, -0.25) is 14.6 Å². The molecule has 3 heterocycles. The Bertz CT molecular complexity index is 1340. The van der Waals surface area contributed by atoms with E-state index in [2.05, 4.69) is 9.88 Å². The van der Waals surface area contributed by atoms with Gasteiger partial charge in [-0.15, -0.1) is 0 Å². The second-order valence-electron chi connectivity index (χ2n) is 8.18. The van der Waals surface area contributed by atoms with Gasteiger partial charge in [-0.1, -0.05) is 36.4 Å². The summed E-state index contributed by atoms with van der Waals surface area (Å²) in [6, 6.07) is 14.7. The number of rotatable bonds is 5. The van der Waals surface area contributed by atoms with Crippen molar-refractivity contribution in [3.8, 4) is 0 Å². The van der Waals surface area contributed by atoms with Crippen molar-refractivity contribution in [1.29, 1.82) is 0 Å². The maximum Gasteiger partial charge on any atom is 0.290 e. The van der Waals surface area contributed by atoms with Gasteiger partial charge in [0.1, 0.15) is 5.58 Å². The summed E-state index contributed by atoms with van der Waals surface area (Å²) in [5.41, 5.74) is 1.53. The third kappa shape index (κ3) is 3.20. The van der Waals surface area contributed by atoms with Crippen LogP contribution in [-0.2, 0) is 0 Å². The van der Waals surface area contributed by atoms with Gasteiger partial charge in [0.2, 0.25) is 5.76 Å². The van der Waals surface area contributed by atoms with Crippen LogP contribution in [0, 0.1) is 0 Å². The van der Waals surface area contributed by atoms with Gasteiger partial charge >= 0.3 is 0 Å². The Balaban J connectivity index is 1.72. The molecule has 0 radical (unpaired) electrons. The Labute approximate surface area is 179 Å². The average Bonchev–Trinajstić information content (AvgIpc) is 3.06. The Morgan fingerprint density at radius 2 is 1.87 bits per heavy atom. The lowest BCUT2D eigenvalue weighted by Crippen LogP contribution is -2.32. The summed E-state index contributed by atoms with van der Waals surface area (Å²) in [4.78, 5) is 35.2. The molecule has 4 aromatic rings. The van der Waals surface area contributed by atoms with Crippen LogP contribution in [-0.4, -0.2) is 47.9 Å². The van der Waals surface area contributed by atoms with Gasteiger partial charge in [-0.05, 0) is 50.1 Å². The summed E-state index contributed by atoms with van der Waals surface area (Å²) in [5, 5.41) is 2.29. The van der Waals surface area contributed by atoms with Crippen LogP contribution in [0.3, 0.4) is 0 Å². The fourth-order valence-electron chi connectivity index (χ4n) is 4.42. The lowest BCUT2D eigenvalue weighted by molar-refractivity contribution is 0.0722. The Hall–Kier alpha value is -3.51. The second kappa shape index (κ2) is 7.63. The predicted octanol–water partition coefficient (Wildman–Crippen LogP) is 3.84. The van der Waals surface area contributed by atoms with Crippen LogP contribution in [0.1, 0.15) is 34.1 Å². The first-order chi connectivity index (χ1) is 15.1. The molecule has 6 nitrogen and oxygen atoms in total. The smallest absolute Gasteiger partial charge is 0.290 e. The van der Waals surface area contributed by atoms with Crippen LogP contribution >= 0.6 is 0 Å². The van der Waals surface area contributed by atoms with E-state index >= 15 is 0 Å². The fraction of sp³-hybridized carbons (Fsp3) is 0.240. The minimum Gasteiger partial charge on any atom is -0.450 e. The number of carbonyl (C=O) groups is 1. The minimum atomic E-state index is -0.495. The van der Waals surface area contributed by atoms with Crippen LogP contribution in [0.2, 0.25) is 0 Å². The van der Waals surface area contributed by atoms with Crippen molar-refractivity contribution in [3.63, 3.8) is 0 Å². The molecule has 0 bridgehead atoms. The van der Waals surface area contributed by atoms with Gasteiger partial charge in [-0.2, -0.15) is 0 Å². The molecule has 0 N–H and O–H groups in total. The maximum atomic E-state index is 13.7. The third-order valence-electron chi connectivity index (χ3n) is 5.86. The first-order valence-electron chi connectivity index (χ1n) is 10.4.